The molecule has 0 unspecified atom stereocenters. The van der Waals surface area contributed by atoms with E-state index in [4.69, 9.17) is 9.47 Å². The van der Waals surface area contributed by atoms with Gasteiger partial charge in [-0.25, -0.2) is 4.98 Å². The second-order valence-corrected chi connectivity index (χ2v) is 7.34. The third-order valence-corrected chi connectivity index (χ3v) is 5.26. The second-order valence-electron chi connectivity index (χ2n) is 7.34. The summed E-state index contributed by atoms with van der Waals surface area (Å²) in [7, 11) is 0. The molecule has 5 rings (SSSR count). The number of amides is 2. The highest BCUT2D eigenvalue weighted by atomic mass is 16.7. The molecule has 0 aliphatic carbocycles. The number of benzene rings is 3. The van der Waals surface area contributed by atoms with Crippen molar-refractivity contribution in [1.29, 1.82) is 0 Å². The van der Waals surface area contributed by atoms with Gasteiger partial charge in [-0.2, -0.15) is 0 Å². The van der Waals surface area contributed by atoms with Crippen LogP contribution in [0.2, 0.25) is 0 Å². The van der Waals surface area contributed by atoms with Gasteiger partial charge in [0.25, 0.3) is 5.91 Å². The molecule has 1 aromatic heterocycles. The number of aromatic nitrogens is 2. The van der Waals surface area contributed by atoms with Gasteiger partial charge < -0.3 is 25.1 Å². The van der Waals surface area contributed by atoms with Crippen LogP contribution in [0.3, 0.4) is 0 Å². The number of hydrogen-bond acceptors (Lipinski definition) is 5. The first-order valence-electron chi connectivity index (χ1n) is 10.1. The van der Waals surface area contributed by atoms with Crippen LogP contribution >= 0.6 is 0 Å². The Morgan fingerprint density at radius 2 is 1.81 bits per heavy atom. The molecule has 0 saturated carbocycles. The lowest BCUT2D eigenvalue weighted by Crippen LogP contribution is -2.39. The average molecular weight is 428 g/mol. The van der Waals surface area contributed by atoms with Crippen molar-refractivity contribution in [3.8, 4) is 11.5 Å². The fraction of sp³-hybridized carbons (Fsp3) is 0.125. The number of H-pyrrole nitrogens is 1. The molecular weight excluding hydrogens is 408 g/mol. The summed E-state index contributed by atoms with van der Waals surface area (Å²) in [6, 6.07) is 20.0. The molecule has 0 spiro atoms. The predicted molar refractivity (Wildman–Crippen MR) is 117 cm³/mol. The van der Waals surface area contributed by atoms with E-state index in [0.717, 1.165) is 22.2 Å². The van der Waals surface area contributed by atoms with Gasteiger partial charge in [-0.05, 0) is 41.5 Å². The number of carbonyl (C=O) groups is 2. The molecule has 2 amide bonds. The Bertz CT molecular complexity index is 1290. The maximum absolute atomic E-state index is 12.7. The Labute approximate surface area is 183 Å². The molecule has 160 valence electrons. The largest absolute Gasteiger partial charge is 0.454 e. The zero-order valence-corrected chi connectivity index (χ0v) is 17.0. The van der Waals surface area contributed by atoms with Crippen molar-refractivity contribution in [3.05, 3.63) is 89.7 Å². The molecule has 0 fully saturated rings. The molecule has 3 N–H and O–H groups in total. The topological polar surface area (TPSA) is 105 Å². The summed E-state index contributed by atoms with van der Waals surface area (Å²) in [6.07, 6.45) is 1.64. The number of imidazole rings is 1. The molecule has 2 heterocycles. The molecule has 8 heteroatoms. The summed E-state index contributed by atoms with van der Waals surface area (Å²) in [5, 5.41) is 5.68. The van der Waals surface area contributed by atoms with Crippen LogP contribution in [0, 0.1) is 0 Å². The van der Waals surface area contributed by atoms with Crippen molar-refractivity contribution < 1.29 is 19.1 Å². The Hall–Kier alpha value is -4.33. The van der Waals surface area contributed by atoms with Gasteiger partial charge in [-0.15, -0.1) is 0 Å². The SMILES string of the molecule is O=C(CNC(=O)c1ccc2c(c1)OCO2)N[C@H](c1ccccc1)c1ccc2nc[nH]c2c1. The summed E-state index contributed by atoms with van der Waals surface area (Å²) in [5.74, 6) is 0.436. The van der Waals surface area contributed by atoms with E-state index in [0.29, 0.717) is 17.1 Å². The van der Waals surface area contributed by atoms with E-state index in [2.05, 4.69) is 20.6 Å². The first kappa shape index (κ1) is 19.6. The highest BCUT2D eigenvalue weighted by Gasteiger charge is 2.19. The van der Waals surface area contributed by atoms with Gasteiger partial charge in [-0.1, -0.05) is 36.4 Å². The van der Waals surface area contributed by atoms with Crippen LogP contribution in [-0.2, 0) is 4.79 Å². The van der Waals surface area contributed by atoms with E-state index in [1.807, 2.05) is 48.5 Å². The van der Waals surface area contributed by atoms with Crippen LogP contribution in [0.4, 0.5) is 0 Å². The Morgan fingerprint density at radius 3 is 2.69 bits per heavy atom. The number of ether oxygens (including phenoxy) is 2. The minimum atomic E-state index is -0.376. The van der Waals surface area contributed by atoms with Crippen molar-refractivity contribution in [2.45, 2.75) is 6.04 Å². The van der Waals surface area contributed by atoms with E-state index < -0.39 is 0 Å². The average Bonchev–Trinajstić information content (AvgIpc) is 3.49. The van der Waals surface area contributed by atoms with Gasteiger partial charge in [0, 0.05) is 5.56 Å². The van der Waals surface area contributed by atoms with Crippen molar-refractivity contribution in [2.24, 2.45) is 0 Å². The van der Waals surface area contributed by atoms with Gasteiger partial charge in [0.1, 0.15) is 0 Å². The molecule has 32 heavy (non-hydrogen) atoms. The van der Waals surface area contributed by atoms with E-state index in [1.165, 1.54) is 0 Å². The van der Waals surface area contributed by atoms with E-state index in [1.54, 1.807) is 24.5 Å². The fourth-order valence-electron chi connectivity index (χ4n) is 3.65. The number of fused-ring (bicyclic) bond motifs is 2. The molecule has 0 saturated heterocycles. The number of hydrogen-bond donors (Lipinski definition) is 3. The van der Waals surface area contributed by atoms with Crippen LogP contribution in [0.5, 0.6) is 11.5 Å². The molecular formula is C24H20N4O4. The zero-order chi connectivity index (χ0) is 21.9. The lowest BCUT2D eigenvalue weighted by Gasteiger charge is -2.20. The fourth-order valence-corrected chi connectivity index (χ4v) is 3.65. The van der Waals surface area contributed by atoms with Crippen LogP contribution in [0.15, 0.2) is 73.1 Å². The molecule has 0 bridgehead atoms. The van der Waals surface area contributed by atoms with Gasteiger partial charge >= 0.3 is 0 Å². The predicted octanol–water partition coefficient (Wildman–Crippen LogP) is 2.93. The minimum Gasteiger partial charge on any atom is -0.454 e. The number of carbonyl (C=O) groups excluding carboxylic acids is 2. The van der Waals surface area contributed by atoms with Crippen LogP contribution in [0.1, 0.15) is 27.5 Å². The van der Waals surface area contributed by atoms with Crippen LogP contribution in [0.25, 0.3) is 11.0 Å². The molecule has 8 nitrogen and oxygen atoms in total. The Morgan fingerprint density at radius 1 is 0.969 bits per heavy atom. The lowest BCUT2D eigenvalue weighted by atomic mass is 9.98. The summed E-state index contributed by atoms with van der Waals surface area (Å²) < 4.78 is 10.6. The summed E-state index contributed by atoms with van der Waals surface area (Å²) in [6.45, 7) is -0.0308. The zero-order valence-electron chi connectivity index (χ0n) is 17.0. The van der Waals surface area contributed by atoms with Gasteiger partial charge in [0.15, 0.2) is 11.5 Å². The van der Waals surface area contributed by atoms with E-state index in [9.17, 15) is 9.59 Å². The van der Waals surface area contributed by atoms with Crippen molar-refractivity contribution >= 4 is 22.8 Å². The molecule has 1 aliphatic rings. The summed E-state index contributed by atoms with van der Waals surface area (Å²) in [4.78, 5) is 32.6. The number of rotatable bonds is 6. The van der Waals surface area contributed by atoms with Crippen molar-refractivity contribution in [3.63, 3.8) is 0 Å². The third-order valence-electron chi connectivity index (χ3n) is 5.26. The van der Waals surface area contributed by atoms with Gasteiger partial charge in [0.2, 0.25) is 12.7 Å². The third kappa shape index (κ3) is 3.98. The maximum Gasteiger partial charge on any atom is 0.251 e. The Balaban J connectivity index is 1.30. The summed E-state index contributed by atoms with van der Waals surface area (Å²) >= 11 is 0. The number of nitrogens with one attached hydrogen (secondary N) is 3. The monoisotopic (exact) mass is 428 g/mol. The smallest absolute Gasteiger partial charge is 0.251 e. The Kier molecular flexibility index (Phi) is 5.17. The first-order chi connectivity index (χ1) is 15.7. The number of nitrogens with zero attached hydrogens (tertiary/aromatic N) is 1. The maximum atomic E-state index is 12.7. The lowest BCUT2D eigenvalue weighted by molar-refractivity contribution is -0.120. The van der Waals surface area contributed by atoms with E-state index in [-0.39, 0.29) is 31.2 Å². The molecule has 1 aliphatic heterocycles. The number of aromatic amines is 1. The highest BCUT2D eigenvalue weighted by molar-refractivity contribution is 5.97. The van der Waals surface area contributed by atoms with Crippen molar-refractivity contribution in [2.75, 3.05) is 13.3 Å². The normalized spacial score (nSPS) is 13.0. The first-order valence-corrected chi connectivity index (χ1v) is 10.1. The van der Waals surface area contributed by atoms with Gasteiger partial charge in [0.05, 0.1) is 29.9 Å². The van der Waals surface area contributed by atoms with Crippen molar-refractivity contribution in [1.82, 2.24) is 20.6 Å². The summed E-state index contributed by atoms with van der Waals surface area (Å²) in [5.41, 5.74) is 3.97. The molecule has 3 aromatic carbocycles. The van der Waals surface area contributed by atoms with Crippen LogP contribution < -0.4 is 20.1 Å². The van der Waals surface area contributed by atoms with Crippen LogP contribution in [-0.4, -0.2) is 35.1 Å². The molecule has 4 aromatic rings. The standard InChI is InChI=1S/C24H20N4O4/c29-22(12-25-24(30)17-7-9-20-21(11-17)32-14-31-20)28-23(15-4-2-1-3-5-15)16-6-8-18-19(10-16)27-13-26-18/h1-11,13,23H,12,14H2,(H,25,30)(H,26,27)(H,28,29)/t23-/m1/s1. The van der Waals surface area contributed by atoms with E-state index >= 15 is 0 Å². The minimum absolute atomic E-state index is 0.133. The molecule has 0 radical (unpaired) electrons. The highest BCUT2D eigenvalue weighted by Crippen LogP contribution is 2.32. The molecule has 1 atom stereocenters. The second kappa shape index (κ2) is 8.43. The quantitative estimate of drug-likeness (QED) is 0.438. The van der Waals surface area contributed by atoms with Gasteiger partial charge in [-0.3, -0.25) is 9.59 Å².